The van der Waals surface area contributed by atoms with Gasteiger partial charge in [-0.25, -0.2) is 0 Å². The van der Waals surface area contributed by atoms with Crippen LogP contribution in [0.3, 0.4) is 0 Å². The lowest BCUT2D eigenvalue weighted by Crippen LogP contribution is -2.13. The van der Waals surface area contributed by atoms with Crippen LogP contribution in [0.25, 0.3) is 0 Å². The molecule has 1 amide bonds. The monoisotopic (exact) mass is 426 g/mol. The summed E-state index contributed by atoms with van der Waals surface area (Å²) in [5.41, 5.74) is 4.21. The summed E-state index contributed by atoms with van der Waals surface area (Å²) in [4.78, 5) is 12.5. The van der Waals surface area contributed by atoms with Gasteiger partial charge in [0.05, 0.1) is 10.2 Å². The van der Waals surface area contributed by atoms with Crippen molar-refractivity contribution in [3.63, 3.8) is 0 Å². The topological polar surface area (TPSA) is 69.8 Å². The minimum atomic E-state index is -0.247. The number of benzene rings is 2. The molecule has 0 aliphatic heterocycles. The Bertz CT molecular complexity index is 904. The van der Waals surface area contributed by atoms with Gasteiger partial charge in [0.15, 0.2) is 5.69 Å². The van der Waals surface area contributed by atoms with Crippen molar-refractivity contribution >= 4 is 33.2 Å². The molecule has 140 valence electrons. The van der Waals surface area contributed by atoms with Gasteiger partial charge in [0.25, 0.3) is 5.91 Å². The molecule has 0 saturated heterocycles. The summed E-state index contributed by atoms with van der Waals surface area (Å²) in [7, 11) is 0. The number of aromatic amines is 1. The average Bonchev–Trinajstić information content (AvgIpc) is 3.06. The molecule has 6 heteroatoms. The number of halogens is 1. The lowest BCUT2D eigenvalue weighted by molar-refractivity contribution is 0.102. The number of anilines is 2. The lowest BCUT2D eigenvalue weighted by Gasteiger charge is -2.16. The molecule has 3 rings (SSSR count). The first-order valence-corrected chi connectivity index (χ1v) is 9.71. The minimum Gasteiger partial charge on any atom is -0.379 e. The van der Waals surface area contributed by atoms with Crippen LogP contribution in [0, 0.1) is 0 Å². The van der Waals surface area contributed by atoms with Gasteiger partial charge in [0.1, 0.15) is 0 Å². The van der Waals surface area contributed by atoms with Crippen molar-refractivity contribution in [1.29, 1.82) is 0 Å². The molecule has 0 bridgehead atoms. The van der Waals surface area contributed by atoms with Gasteiger partial charge >= 0.3 is 0 Å². The highest BCUT2D eigenvalue weighted by molar-refractivity contribution is 9.10. The van der Waals surface area contributed by atoms with E-state index < -0.39 is 0 Å². The zero-order valence-corrected chi connectivity index (χ0v) is 17.2. The summed E-state index contributed by atoms with van der Waals surface area (Å²) in [6.07, 6.45) is 0. The smallest absolute Gasteiger partial charge is 0.277 e. The zero-order chi connectivity index (χ0) is 19.4. The number of rotatable bonds is 6. The fraction of sp³-hybridized carbons (Fsp3) is 0.238. The molecule has 1 atom stereocenters. The second kappa shape index (κ2) is 8.39. The molecule has 0 radical (unpaired) electrons. The van der Waals surface area contributed by atoms with E-state index in [1.807, 2.05) is 56.3 Å². The van der Waals surface area contributed by atoms with E-state index in [1.165, 1.54) is 5.56 Å². The largest absolute Gasteiger partial charge is 0.379 e. The van der Waals surface area contributed by atoms with Gasteiger partial charge in [0.2, 0.25) is 0 Å². The van der Waals surface area contributed by atoms with Crippen molar-refractivity contribution in [2.24, 2.45) is 0 Å². The van der Waals surface area contributed by atoms with E-state index in [4.69, 9.17) is 0 Å². The van der Waals surface area contributed by atoms with E-state index in [0.29, 0.717) is 10.2 Å². The number of amides is 1. The first-order valence-electron chi connectivity index (χ1n) is 8.92. The van der Waals surface area contributed by atoms with Gasteiger partial charge in [-0.05, 0) is 58.6 Å². The van der Waals surface area contributed by atoms with Crippen LogP contribution in [0.2, 0.25) is 0 Å². The maximum atomic E-state index is 12.5. The number of hydrogen-bond acceptors (Lipinski definition) is 3. The van der Waals surface area contributed by atoms with Gasteiger partial charge in [0, 0.05) is 17.4 Å². The van der Waals surface area contributed by atoms with Gasteiger partial charge in [-0.2, -0.15) is 5.10 Å². The molecule has 1 heterocycles. The van der Waals surface area contributed by atoms with Crippen LogP contribution in [0.5, 0.6) is 0 Å². The first-order chi connectivity index (χ1) is 13.0. The van der Waals surface area contributed by atoms with E-state index in [2.05, 4.69) is 55.8 Å². The average molecular weight is 427 g/mol. The first kappa shape index (κ1) is 19.2. The summed E-state index contributed by atoms with van der Waals surface area (Å²) in [6.45, 7) is 6.21. The molecule has 0 fully saturated rings. The highest BCUT2D eigenvalue weighted by atomic mass is 79.9. The highest BCUT2D eigenvalue weighted by Crippen LogP contribution is 2.26. The molecule has 27 heavy (non-hydrogen) atoms. The normalized spacial score (nSPS) is 12.0. The zero-order valence-electron chi connectivity index (χ0n) is 15.6. The van der Waals surface area contributed by atoms with Crippen molar-refractivity contribution in [3.05, 3.63) is 76.0 Å². The minimum absolute atomic E-state index is 0.195. The number of carbonyl (C=O) groups excluding carboxylic acids is 1. The van der Waals surface area contributed by atoms with Crippen molar-refractivity contribution in [2.75, 3.05) is 10.6 Å². The van der Waals surface area contributed by atoms with Gasteiger partial charge < -0.3 is 10.6 Å². The van der Waals surface area contributed by atoms with Crippen molar-refractivity contribution < 1.29 is 4.79 Å². The van der Waals surface area contributed by atoms with Crippen LogP contribution in [0.4, 0.5) is 11.4 Å². The number of aromatic nitrogens is 2. The Morgan fingerprint density at radius 1 is 1.00 bits per heavy atom. The fourth-order valence-corrected chi connectivity index (χ4v) is 3.61. The van der Waals surface area contributed by atoms with Crippen LogP contribution in [-0.2, 0) is 0 Å². The summed E-state index contributed by atoms with van der Waals surface area (Å²) < 4.78 is 0.713. The molecule has 0 saturated carbocycles. The predicted molar refractivity (Wildman–Crippen MR) is 113 cm³/mol. The highest BCUT2D eigenvalue weighted by Gasteiger charge is 2.19. The second-order valence-electron chi connectivity index (χ2n) is 6.76. The van der Waals surface area contributed by atoms with Gasteiger partial charge in [-0.15, -0.1) is 0 Å². The van der Waals surface area contributed by atoms with E-state index in [-0.39, 0.29) is 17.9 Å². The fourth-order valence-electron chi connectivity index (χ4n) is 2.79. The standard InChI is InChI=1S/C21H23BrN4O/c1-13(2)19-18(22)20(26-25-19)21(27)24-17-11-9-16(10-12-17)23-14(3)15-7-5-4-6-8-15/h4-14,23H,1-3H3,(H,24,27)(H,25,26). The predicted octanol–water partition coefficient (Wildman–Crippen LogP) is 5.72. The third-order valence-corrected chi connectivity index (χ3v) is 5.15. The van der Waals surface area contributed by atoms with E-state index in [0.717, 1.165) is 17.1 Å². The second-order valence-corrected chi connectivity index (χ2v) is 7.56. The van der Waals surface area contributed by atoms with Crippen LogP contribution < -0.4 is 10.6 Å². The van der Waals surface area contributed by atoms with Crippen molar-refractivity contribution in [1.82, 2.24) is 10.2 Å². The Balaban J connectivity index is 1.64. The number of carbonyl (C=O) groups is 1. The Kier molecular flexibility index (Phi) is 5.96. The summed E-state index contributed by atoms with van der Waals surface area (Å²) >= 11 is 3.46. The lowest BCUT2D eigenvalue weighted by atomic mass is 10.1. The molecule has 0 aliphatic carbocycles. The van der Waals surface area contributed by atoms with Gasteiger partial charge in [-0.3, -0.25) is 9.89 Å². The molecule has 0 spiro atoms. The Hall–Kier alpha value is -2.60. The molecule has 0 aliphatic rings. The molecule has 1 aromatic heterocycles. The number of nitrogens with one attached hydrogen (secondary N) is 3. The molecular formula is C21H23BrN4O. The Morgan fingerprint density at radius 3 is 2.22 bits per heavy atom. The molecule has 1 unspecified atom stereocenters. The molecule has 2 aromatic carbocycles. The third kappa shape index (κ3) is 4.57. The van der Waals surface area contributed by atoms with Crippen LogP contribution in [0.1, 0.15) is 54.5 Å². The summed E-state index contributed by atoms with van der Waals surface area (Å²) in [5, 5.41) is 13.4. The van der Waals surface area contributed by atoms with E-state index >= 15 is 0 Å². The van der Waals surface area contributed by atoms with Gasteiger partial charge in [-0.1, -0.05) is 44.2 Å². The van der Waals surface area contributed by atoms with Crippen molar-refractivity contribution in [2.45, 2.75) is 32.7 Å². The molecule has 5 nitrogen and oxygen atoms in total. The maximum Gasteiger partial charge on any atom is 0.277 e. The number of nitrogens with zero attached hydrogens (tertiary/aromatic N) is 1. The Morgan fingerprint density at radius 2 is 1.63 bits per heavy atom. The maximum absolute atomic E-state index is 12.5. The Labute approximate surface area is 167 Å². The van der Waals surface area contributed by atoms with E-state index in [1.54, 1.807) is 0 Å². The third-order valence-electron chi connectivity index (χ3n) is 4.35. The molecule has 3 N–H and O–H groups in total. The van der Waals surface area contributed by atoms with Crippen molar-refractivity contribution in [3.8, 4) is 0 Å². The SMILES string of the molecule is CC(C)c1[nH]nc(C(=O)Nc2ccc(NC(C)c3ccccc3)cc2)c1Br. The molecular weight excluding hydrogens is 404 g/mol. The van der Waals surface area contributed by atoms with E-state index in [9.17, 15) is 4.79 Å². The molecule has 3 aromatic rings. The summed E-state index contributed by atoms with van der Waals surface area (Å²) in [6, 6.07) is 18.1. The summed E-state index contributed by atoms with van der Waals surface area (Å²) in [5.74, 6) is 0.00812. The quantitative estimate of drug-likeness (QED) is 0.471. The number of hydrogen-bond donors (Lipinski definition) is 3. The number of H-pyrrole nitrogens is 1. The van der Waals surface area contributed by atoms with Crippen LogP contribution >= 0.6 is 15.9 Å². The van der Waals surface area contributed by atoms with Crippen LogP contribution in [-0.4, -0.2) is 16.1 Å². The van der Waals surface area contributed by atoms with Crippen LogP contribution in [0.15, 0.2) is 59.1 Å².